The van der Waals surface area contributed by atoms with E-state index in [0.717, 1.165) is 12.5 Å². The summed E-state index contributed by atoms with van der Waals surface area (Å²) in [4.78, 5) is 0. The molecule has 0 bridgehead atoms. The van der Waals surface area contributed by atoms with Gasteiger partial charge in [-0.2, -0.15) is 0 Å². The third-order valence-electron chi connectivity index (χ3n) is 2.20. The topological polar surface area (TPSA) is 0 Å². The molecule has 0 rings (SSSR count). The summed E-state index contributed by atoms with van der Waals surface area (Å²) >= 11 is 0. The minimum absolute atomic E-state index is 1.01. The Morgan fingerprint density at radius 2 is 1.58 bits per heavy atom. The van der Waals surface area contributed by atoms with Crippen molar-refractivity contribution in [3.05, 3.63) is 49.0 Å². The van der Waals surface area contributed by atoms with Gasteiger partial charge in [-0.3, -0.25) is 0 Å². The summed E-state index contributed by atoms with van der Waals surface area (Å²) in [6.45, 7) is 17.6. The predicted octanol–water partition coefficient (Wildman–Crippen LogP) is 3.58. The molecule has 0 aliphatic carbocycles. The van der Waals surface area contributed by atoms with Crippen molar-refractivity contribution in [2.45, 2.75) is 19.4 Å². The van der Waals surface area contributed by atoms with Crippen LogP contribution < -0.4 is 0 Å². The van der Waals surface area contributed by atoms with E-state index >= 15 is 0 Å². The van der Waals surface area contributed by atoms with Crippen molar-refractivity contribution in [1.82, 2.24) is 0 Å². The lowest BCUT2D eigenvalue weighted by Gasteiger charge is -2.20. The lowest BCUT2D eigenvalue weighted by atomic mass is 10.3. The summed E-state index contributed by atoms with van der Waals surface area (Å²) in [7, 11) is -1.61. The Morgan fingerprint density at radius 1 is 1.17 bits per heavy atom. The minimum Gasteiger partial charge on any atom is -0.106 e. The van der Waals surface area contributed by atoms with Gasteiger partial charge in [-0.25, -0.2) is 0 Å². The molecule has 0 heterocycles. The van der Waals surface area contributed by atoms with Crippen LogP contribution in [0.2, 0.25) is 6.04 Å². The van der Waals surface area contributed by atoms with Crippen molar-refractivity contribution in [1.29, 1.82) is 0 Å². The molecule has 0 fully saturated rings. The first-order valence-electron chi connectivity index (χ1n) is 4.21. The predicted molar refractivity (Wildman–Crippen MR) is 60.6 cm³/mol. The molecule has 1 heteroatoms. The maximum Gasteiger partial charge on any atom is 0.128 e. The van der Waals surface area contributed by atoms with Crippen LogP contribution in [0.5, 0.6) is 0 Å². The molecule has 0 aromatic carbocycles. The first-order chi connectivity index (χ1) is 5.64. The molecular formula is C11H18Si. The summed E-state index contributed by atoms with van der Waals surface area (Å²) < 4.78 is 0. The molecule has 0 spiro atoms. The summed E-state index contributed by atoms with van der Waals surface area (Å²) in [5, 5.41) is 0. The molecule has 0 N–H and O–H groups in total. The zero-order valence-electron chi connectivity index (χ0n) is 7.97. The molecule has 0 aliphatic heterocycles. The Bertz CT molecular complexity index is 179. The van der Waals surface area contributed by atoms with E-state index in [9.17, 15) is 0 Å². The van der Waals surface area contributed by atoms with Crippen LogP contribution in [-0.4, -0.2) is 8.07 Å². The normalized spacial score (nSPS) is 10.4. The van der Waals surface area contributed by atoms with Crippen molar-refractivity contribution in [3.63, 3.8) is 0 Å². The van der Waals surface area contributed by atoms with E-state index < -0.39 is 8.07 Å². The van der Waals surface area contributed by atoms with E-state index in [2.05, 4.69) is 33.2 Å². The van der Waals surface area contributed by atoms with Gasteiger partial charge in [-0.15, -0.1) is 26.3 Å². The summed E-state index contributed by atoms with van der Waals surface area (Å²) in [6.07, 6.45) is 1.03. The largest absolute Gasteiger partial charge is 0.128 e. The molecule has 0 saturated carbocycles. The van der Waals surface area contributed by atoms with Crippen molar-refractivity contribution < 1.29 is 0 Å². The Labute approximate surface area is 77.0 Å². The van der Waals surface area contributed by atoms with Gasteiger partial charge in [0.1, 0.15) is 8.07 Å². The van der Waals surface area contributed by atoms with Crippen LogP contribution in [0, 0.1) is 0 Å². The van der Waals surface area contributed by atoms with E-state index in [4.69, 9.17) is 0 Å². The van der Waals surface area contributed by atoms with E-state index in [1.807, 2.05) is 17.1 Å². The number of hydrogen-bond donors (Lipinski definition) is 0. The lowest BCUT2D eigenvalue weighted by Crippen LogP contribution is -2.26. The molecule has 0 aromatic rings. The van der Waals surface area contributed by atoms with Gasteiger partial charge in [0.15, 0.2) is 0 Å². The van der Waals surface area contributed by atoms with E-state index in [1.54, 1.807) is 0 Å². The maximum atomic E-state index is 3.99. The average Bonchev–Trinajstić information content (AvgIpc) is 2.14. The van der Waals surface area contributed by atoms with Crippen LogP contribution in [0.25, 0.3) is 0 Å². The molecule has 0 radical (unpaired) electrons. The third kappa shape index (κ3) is 2.66. The smallest absolute Gasteiger partial charge is 0.106 e. The molecule has 0 atom stereocenters. The summed E-state index contributed by atoms with van der Waals surface area (Å²) in [5.41, 5.74) is 7.29. The number of hydrogen-bond acceptors (Lipinski definition) is 0. The van der Waals surface area contributed by atoms with Gasteiger partial charge >= 0.3 is 0 Å². The fraction of sp³-hybridized carbons (Fsp3) is 0.273. The molecule has 0 nitrogen and oxygen atoms in total. The van der Waals surface area contributed by atoms with Crippen molar-refractivity contribution in [2.75, 3.05) is 0 Å². The Morgan fingerprint density at radius 3 is 1.83 bits per heavy atom. The second kappa shape index (κ2) is 4.94. The third-order valence-corrected chi connectivity index (χ3v) is 5.59. The van der Waals surface area contributed by atoms with E-state index in [1.165, 1.54) is 5.57 Å². The average molecular weight is 178 g/mol. The van der Waals surface area contributed by atoms with Crippen molar-refractivity contribution in [2.24, 2.45) is 0 Å². The van der Waals surface area contributed by atoms with E-state index in [0.29, 0.717) is 0 Å². The van der Waals surface area contributed by atoms with Crippen LogP contribution in [0.1, 0.15) is 13.3 Å². The first kappa shape index (κ1) is 11.2. The van der Waals surface area contributed by atoms with Crippen LogP contribution in [0.15, 0.2) is 49.0 Å². The van der Waals surface area contributed by atoms with Crippen LogP contribution in [-0.2, 0) is 0 Å². The second-order valence-electron chi connectivity index (χ2n) is 3.01. The summed E-state index contributed by atoms with van der Waals surface area (Å²) in [5.74, 6) is 0. The lowest BCUT2D eigenvalue weighted by molar-refractivity contribution is 1.10. The Hall–Kier alpha value is -0.823. The quantitative estimate of drug-likeness (QED) is 0.431. The van der Waals surface area contributed by atoms with Crippen LogP contribution in [0.4, 0.5) is 0 Å². The molecule has 0 aliphatic rings. The van der Waals surface area contributed by atoms with Gasteiger partial charge < -0.3 is 0 Å². The van der Waals surface area contributed by atoms with Gasteiger partial charge in [0, 0.05) is 0 Å². The molecular weight excluding hydrogens is 160 g/mol. The molecule has 0 amide bonds. The standard InChI is InChI=1S/C11H18Si/c1-6-11(5)10-12(7-2,8-3)9-4/h7-9H,2-6,10H2,1H3. The monoisotopic (exact) mass is 178 g/mol. The highest BCUT2D eigenvalue weighted by atomic mass is 28.3. The second-order valence-corrected chi connectivity index (χ2v) is 6.81. The minimum atomic E-state index is -1.61. The van der Waals surface area contributed by atoms with Crippen LogP contribution >= 0.6 is 0 Å². The van der Waals surface area contributed by atoms with Gasteiger partial charge in [0.25, 0.3) is 0 Å². The molecule has 0 unspecified atom stereocenters. The molecule has 0 aromatic heterocycles. The SMILES string of the molecule is C=C[Si](C=C)(C=C)CC(=C)CC. The van der Waals surface area contributed by atoms with Crippen molar-refractivity contribution >= 4 is 8.07 Å². The zero-order valence-corrected chi connectivity index (χ0v) is 8.97. The maximum absolute atomic E-state index is 3.99. The van der Waals surface area contributed by atoms with Crippen LogP contribution in [0.3, 0.4) is 0 Å². The fourth-order valence-electron chi connectivity index (χ4n) is 1.02. The highest BCUT2D eigenvalue weighted by molar-refractivity contribution is 6.93. The number of allylic oxidation sites excluding steroid dienone is 1. The Kier molecular flexibility index (Phi) is 4.60. The highest BCUT2D eigenvalue weighted by Gasteiger charge is 2.21. The number of rotatable bonds is 6. The van der Waals surface area contributed by atoms with Gasteiger partial charge in [0.2, 0.25) is 0 Å². The molecule has 66 valence electrons. The molecule has 12 heavy (non-hydrogen) atoms. The Balaban J connectivity index is 4.51. The van der Waals surface area contributed by atoms with Gasteiger partial charge in [-0.1, -0.05) is 29.6 Å². The zero-order chi connectivity index (χ0) is 9.61. The van der Waals surface area contributed by atoms with Crippen molar-refractivity contribution in [3.8, 4) is 0 Å². The van der Waals surface area contributed by atoms with Gasteiger partial charge in [0.05, 0.1) is 0 Å². The first-order valence-corrected chi connectivity index (χ1v) is 6.65. The van der Waals surface area contributed by atoms with E-state index in [-0.39, 0.29) is 0 Å². The van der Waals surface area contributed by atoms with Gasteiger partial charge in [-0.05, 0) is 12.5 Å². The summed E-state index contributed by atoms with van der Waals surface area (Å²) in [6, 6.07) is 1.01. The highest BCUT2D eigenvalue weighted by Crippen LogP contribution is 2.20. The fourth-order valence-corrected chi connectivity index (χ4v) is 3.07. The molecule has 0 saturated heterocycles.